The second kappa shape index (κ2) is 10.0. The van der Waals surface area contributed by atoms with E-state index in [1.165, 1.54) is 18.4 Å². The van der Waals surface area contributed by atoms with Crippen molar-refractivity contribution in [2.75, 3.05) is 6.61 Å². The van der Waals surface area contributed by atoms with Crippen LogP contribution in [0.3, 0.4) is 0 Å². The van der Waals surface area contributed by atoms with Crippen LogP contribution in [0.4, 0.5) is 0 Å². The maximum atomic E-state index is 12.8. The summed E-state index contributed by atoms with van der Waals surface area (Å²) in [4.78, 5) is 12.8. The molecule has 0 amide bonds. The lowest BCUT2D eigenvalue weighted by molar-refractivity contribution is -0.349. The van der Waals surface area contributed by atoms with Crippen LogP contribution in [0.15, 0.2) is 36.6 Å². The molecule has 0 unspecified atom stereocenters. The first-order chi connectivity index (χ1) is 17.3. The number of hydrogen-bond acceptors (Lipinski definition) is 12. The van der Waals surface area contributed by atoms with Gasteiger partial charge in [0, 0.05) is 5.57 Å². The lowest BCUT2D eigenvalue weighted by atomic mass is 9.82. The standard InChI is InChI=1S/C25H36O12/c1-5-23(3,31)8-6-7-12(2)20(30)35-19-18-24(4,37-18)17-22(33-10-9-25(17,19)32)36-21-16(29)15(28)14(27)13(11-26)34-21/h5,7,9-10,13-19,21-22,26-29,31-32H,1,6,8,11H2,2-4H3/t13-,14-,15+,16-,17-,18+,19-,21+,22+,23-,24-,25+/m1/s1. The van der Waals surface area contributed by atoms with Crippen LogP contribution < -0.4 is 0 Å². The summed E-state index contributed by atoms with van der Waals surface area (Å²) in [5.74, 6) is -1.59. The molecule has 3 heterocycles. The summed E-state index contributed by atoms with van der Waals surface area (Å²) in [5, 5.41) is 61.6. The van der Waals surface area contributed by atoms with Crippen LogP contribution in [-0.2, 0) is 28.5 Å². The van der Waals surface area contributed by atoms with Crippen LogP contribution in [0.1, 0.15) is 33.6 Å². The Kier molecular flexibility index (Phi) is 7.63. The van der Waals surface area contributed by atoms with Crippen LogP contribution in [0.25, 0.3) is 0 Å². The number of aliphatic hydroxyl groups excluding tert-OH is 4. The van der Waals surface area contributed by atoms with Crippen LogP contribution >= 0.6 is 0 Å². The first-order valence-electron chi connectivity index (χ1n) is 12.2. The number of carbonyl (C=O) groups excluding carboxylic acids is 1. The normalized spacial score (nSPS) is 46.3. The monoisotopic (exact) mass is 528 g/mol. The predicted octanol–water partition coefficient (Wildman–Crippen LogP) is -1.23. The Hall–Kier alpha value is -1.87. The highest BCUT2D eigenvalue weighted by atomic mass is 16.8. The van der Waals surface area contributed by atoms with E-state index in [1.807, 2.05) is 0 Å². The zero-order valence-corrected chi connectivity index (χ0v) is 21.0. The third kappa shape index (κ3) is 4.98. The predicted molar refractivity (Wildman–Crippen MR) is 124 cm³/mol. The van der Waals surface area contributed by atoms with Crippen molar-refractivity contribution in [3.8, 4) is 0 Å². The van der Waals surface area contributed by atoms with Gasteiger partial charge in [0.05, 0.1) is 24.4 Å². The summed E-state index contributed by atoms with van der Waals surface area (Å²) in [7, 11) is 0. The molecule has 12 nitrogen and oxygen atoms in total. The second-order valence-corrected chi connectivity index (χ2v) is 10.5. The minimum absolute atomic E-state index is 0.291. The van der Waals surface area contributed by atoms with Crippen LogP contribution in [0, 0.1) is 5.92 Å². The minimum Gasteiger partial charge on any atom is -0.472 e. The number of fused-ring (bicyclic) bond motifs is 3. The molecular formula is C25H36O12. The Morgan fingerprint density at radius 1 is 1.22 bits per heavy atom. The fraction of sp³-hybridized carbons (Fsp3) is 0.720. The molecular weight excluding hydrogens is 492 g/mol. The summed E-state index contributed by atoms with van der Waals surface area (Å²) in [6.45, 7) is 7.82. The SMILES string of the molecule is C=C[C@@](C)(O)CCC=C(C)C(=O)O[C@@H]1[C@@H]2O[C@]2(C)[C@H]2[C@H](O[C@@H]3O[C@H](CO)[C@@H](O)[C@H](O)[C@H]3O)OC=C[C@@]12O. The number of esters is 1. The number of ether oxygens (including phenoxy) is 5. The molecule has 2 saturated heterocycles. The number of aliphatic hydroxyl groups is 6. The van der Waals surface area contributed by atoms with Crippen molar-refractivity contribution >= 4 is 5.97 Å². The second-order valence-electron chi connectivity index (χ2n) is 10.5. The molecule has 12 heteroatoms. The molecule has 3 fully saturated rings. The fourth-order valence-corrected chi connectivity index (χ4v) is 5.28. The Bertz CT molecular complexity index is 946. The van der Waals surface area contributed by atoms with Gasteiger partial charge >= 0.3 is 5.97 Å². The molecule has 12 atom stereocenters. The van der Waals surface area contributed by atoms with Crippen molar-refractivity contribution in [1.29, 1.82) is 0 Å². The molecule has 6 N–H and O–H groups in total. The Morgan fingerprint density at radius 3 is 2.57 bits per heavy atom. The molecule has 0 bridgehead atoms. The molecule has 0 aromatic rings. The van der Waals surface area contributed by atoms with Gasteiger partial charge in [0.1, 0.15) is 41.7 Å². The van der Waals surface area contributed by atoms with E-state index in [4.69, 9.17) is 23.7 Å². The summed E-state index contributed by atoms with van der Waals surface area (Å²) < 4.78 is 28.3. The molecule has 4 aliphatic rings. The largest absolute Gasteiger partial charge is 0.472 e. The zero-order valence-electron chi connectivity index (χ0n) is 21.0. The van der Waals surface area contributed by atoms with Gasteiger partial charge in [-0.25, -0.2) is 4.79 Å². The maximum Gasteiger partial charge on any atom is 0.333 e. The Labute approximate surface area is 214 Å². The minimum atomic E-state index is -1.75. The van der Waals surface area contributed by atoms with Gasteiger partial charge in [-0.3, -0.25) is 0 Å². The van der Waals surface area contributed by atoms with Gasteiger partial charge in [-0.2, -0.15) is 0 Å². The number of rotatable bonds is 9. The topological polar surface area (TPSA) is 188 Å². The quantitative estimate of drug-likeness (QED) is 0.0906. The van der Waals surface area contributed by atoms with E-state index >= 15 is 0 Å². The lowest BCUT2D eigenvalue weighted by Gasteiger charge is -2.45. The van der Waals surface area contributed by atoms with Crippen LogP contribution in [0.5, 0.6) is 0 Å². The zero-order chi connectivity index (χ0) is 27.3. The van der Waals surface area contributed by atoms with E-state index < -0.39 is 84.5 Å². The van der Waals surface area contributed by atoms with Gasteiger partial charge in [0.15, 0.2) is 12.4 Å². The molecule has 208 valence electrons. The van der Waals surface area contributed by atoms with Gasteiger partial charge < -0.3 is 54.3 Å². The maximum absolute atomic E-state index is 12.8. The van der Waals surface area contributed by atoms with Crippen molar-refractivity contribution in [3.05, 3.63) is 36.6 Å². The van der Waals surface area contributed by atoms with Gasteiger partial charge in [-0.1, -0.05) is 12.2 Å². The average Bonchev–Trinajstić information content (AvgIpc) is 3.48. The summed E-state index contributed by atoms with van der Waals surface area (Å²) >= 11 is 0. The van der Waals surface area contributed by atoms with E-state index in [0.29, 0.717) is 18.4 Å². The first-order valence-corrected chi connectivity index (χ1v) is 12.2. The first kappa shape index (κ1) is 28.1. The molecule has 3 aliphatic heterocycles. The van der Waals surface area contributed by atoms with Crippen molar-refractivity contribution in [1.82, 2.24) is 0 Å². The molecule has 0 aromatic carbocycles. The molecule has 1 saturated carbocycles. The number of hydrogen-bond donors (Lipinski definition) is 6. The fourth-order valence-electron chi connectivity index (χ4n) is 5.28. The highest BCUT2D eigenvalue weighted by molar-refractivity contribution is 5.88. The lowest BCUT2D eigenvalue weighted by Crippen LogP contribution is -2.62. The average molecular weight is 529 g/mol. The molecule has 37 heavy (non-hydrogen) atoms. The third-order valence-electron chi connectivity index (χ3n) is 7.77. The molecule has 0 radical (unpaired) electrons. The van der Waals surface area contributed by atoms with E-state index in [2.05, 4.69) is 6.58 Å². The summed E-state index contributed by atoms with van der Waals surface area (Å²) in [6.07, 6.45) is -4.27. The van der Waals surface area contributed by atoms with E-state index in [1.54, 1.807) is 26.8 Å². The molecule has 1 aliphatic carbocycles. The van der Waals surface area contributed by atoms with Crippen LogP contribution in [0.2, 0.25) is 0 Å². The van der Waals surface area contributed by atoms with Crippen molar-refractivity contribution in [3.63, 3.8) is 0 Å². The van der Waals surface area contributed by atoms with E-state index in [9.17, 15) is 35.4 Å². The van der Waals surface area contributed by atoms with Gasteiger partial charge in [0.25, 0.3) is 0 Å². The molecule has 0 aromatic heterocycles. The summed E-state index contributed by atoms with van der Waals surface area (Å²) in [6, 6.07) is 0. The Balaban J connectivity index is 1.47. The van der Waals surface area contributed by atoms with Crippen molar-refractivity contribution < 1.29 is 59.1 Å². The highest BCUT2D eigenvalue weighted by Gasteiger charge is 2.80. The van der Waals surface area contributed by atoms with Gasteiger partial charge in [0.2, 0.25) is 6.29 Å². The van der Waals surface area contributed by atoms with Gasteiger partial charge in [-0.15, -0.1) is 6.58 Å². The van der Waals surface area contributed by atoms with Gasteiger partial charge in [-0.05, 0) is 39.7 Å². The number of carbonyl (C=O) groups is 1. The molecule has 0 spiro atoms. The number of allylic oxidation sites excluding steroid dienone is 1. The van der Waals surface area contributed by atoms with Crippen LogP contribution in [-0.4, -0.2) is 109 Å². The highest BCUT2D eigenvalue weighted by Crippen LogP contribution is 2.62. The Morgan fingerprint density at radius 2 is 1.92 bits per heavy atom. The smallest absolute Gasteiger partial charge is 0.333 e. The van der Waals surface area contributed by atoms with E-state index in [-0.39, 0.29) is 0 Å². The number of epoxide rings is 1. The third-order valence-corrected chi connectivity index (χ3v) is 7.77. The summed E-state index contributed by atoms with van der Waals surface area (Å²) in [5.41, 5.74) is -3.54. The molecule has 4 rings (SSSR count). The van der Waals surface area contributed by atoms with E-state index in [0.717, 1.165) is 0 Å². The van der Waals surface area contributed by atoms with Crippen molar-refractivity contribution in [2.24, 2.45) is 5.92 Å². The van der Waals surface area contributed by atoms with Crippen molar-refractivity contribution in [2.45, 2.75) is 99.6 Å².